The summed E-state index contributed by atoms with van der Waals surface area (Å²) in [6.07, 6.45) is -2.11. The maximum atomic E-state index is 12.7. The molecule has 128 valence electrons. The van der Waals surface area contributed by atoms with E-state index in [0.717, 1.165) is 12.3 Å². The number of halogens is 3. The standard InChI is InChI=1S/C15H20F3N3O2/c1-14(2,3)23-13(22)20-11-4-5-21(9-11)12-6-10(7-19-8-12)15(16,17)18/h6-8,11H,4-5,9H2,1-3H3,(H,20,22)/t11-/m0/s1. The molecule has 1 aliphatic heterocycles. The number of aromatic nitrogens is 1. The van der Waals surface area contributed by atoms with Crippen molar-refractivity contribution in [1.82, 2.24) is 10.3 Å². The predicted octanol–water partition coefficient (Wildman–Crippen LogP) is 3.20. The molecule has 0 spiro atoms. The molecule has 1 saturated heterocycles. The molecule has 1 atom stereocenters. The number of amides is 1. The first-order chi connectivity index (χ1) is 10.5. The third-order valence-electron chi connectivity index (χ3n) is 3.33. The number of carbonyl (C=O) groups excluding carboxylic acids is 1. The van der Waals surface area contributed by atoms with Crippen molar-refractivity contribution < 1.29 is 22.7 Å². The predicted molar refractivity (Wildman–Crippen MR) is 79.2 cm³/mol. The van der Waals surface area contributed by atoms with Crippen molar-refractivity contribution in [1.29, 1.82) is 0 Å². The lowest BCUT2D eigenvalue weighted by molar-refractivity contribution is -0.137. The van der Waals surface area contributed by atoms with E-state index in [4.69, 9.17) is 4.74 Å². The van der Waals surface area contributed by atoms with E-state index < -0.39 is 23.4 Å². The van der Waals surface area contributed by atoms with Crippen LogP contribution in [0.5, 0.6) is 0 Å². The number of nitrogens with zero attached hydrogens (tertiary/aromatic N) is 2. The summed E-state index contributed by atoms with van der Waals surface area (Å²) in [5.74, 6) is 0. The van der Waals surface area contributed by atoms with E-state index in [-0.39, 0.29) is 6.04 Å². The van der Waals surface area contributed by atoms with Gasteiger partial charge in [-0.1, -0.05) is 0 Å². The molecule has 1 aliphatic rings. The van der Waals surface area contributed by atoms with Crippen molar-refractivity contribution in [3.63, 3.8) is 0 Å². The number of ether oxygens (including phenoxy) is 1. The summed E-state index contributed by atoms with van der Waals surface area (Å²) in [4.78, 5) is 17.2. The quantitative estimate of drug-likeness (QED) is 0.904. The third-order valence-corrected chi connectivity index (χ3v) is 3.33. The van der Waals surface area contributed by atoms with Gasteiger partial charge in [0.2, 0.25) is 0 Å². The first kappa shape index (κ1) is 17.4. The van der Waals surface area contributed by atoms with Gasteiger partial charge >= 0.3 is 12.3 Å². The second-order valence-corrected chi connectivity index (χ2v) is 6.51. The van der Waals surface area contributed by atoms with Gasteiger partial charge in [0.15, 0.2) is 0 Å². The number of alkyl carbamates (subject to hydrolysis) is 1. The highest BCUT2D eigenvalue weighted by Gasteiger charge is 2.32. The molecule has 0 saturated carbocycles. The fraction of sp³-hybridized carbons (Fsp3) is 0.600. The topological polar surface area (TPSA) is 54.5 Å². The summed E-state index contributed by atoms with van der Waals surface area (Å²) in [5, 5.41) is 2.73. The van der Waals surface area contributed by atoms with E-state index in [1.165, 1.54) is 6.20 Å². The van der Waals surface area contributed by atoms with Crippen molar-refractivity contribution in [2.75, 3.05) is 18.0 Å². The number of rotatable bonds is 2. The van der Waals surface area contributed by atoms with E-state index in [9.17, 15) is 18.0 Å². The van der Waals surface area contributed by atoms with Crippen molar-refractivity contribution in [3.8, 4) is 0 Å². The molecule has 0 aliphatic carbocycles. The zero-order valence-electron chi connectivity index (χ0n) is 13.3. The van der Waals surface area contributed by atoms with Crippen LogP contribution in [-0.2, 0) is 10.9 Å². The molecule has 5 nitrogen and oxygen atoms in total. The second-order valence-electron chi connectivity index (χ2n) is 6.51. The van der Waals surface area contributed by atoms with Gasteiger partial charge in [0.05, 0.1) is 23.5 Å². The van der Waals surface area contributed by atoms with Crippen molar-refractivity contribution in [3.05, 3.63) is 24.0 Å². The van der Waals surface area contributed by atoms with Crippen molar-refractivity contribution in [2.24, 2.45) is 0 Å². The molecule has 8 heteroatoms. The lowest BCUT2D eigenvalue weighted by atomic mass is 10.2. The average molecular weight is 331 g/mol. The molecule has 2 rings (SSSR count). The van der Waals surface area contributed by atoms with E-state index >= 15 is 0 Å². The maximum Gasteiger partial charge on any atom is 0.417 e. The summed E-state index contributed by atoms with van der Waals surface area (Å²) in [6, 6.07) is 0.905. The number of alkyl halides is 3. The van der Waals surface area contributed by atoms with Gasteiger partial charge in [-0.15, -0.1) is 0 Å². The summed E-state index contributed by atoms with van der Waals surface area (Å²) in [5.41, 5.74) is -0.972. The van der Waals surface area contributed by atoms with Crippen LogP contribution in [0.15, 0.2) is 18.5 Å². The Balaban J connectivity index is 1.97. The highest BCUT2D eigenvalue weighted by molar-refractivity contribution is 5.68. The Morgan fingerprint density at radius 1 is 1.35 bits per heavy atom. The van der Waals surface area contributed by atoms with Gasteiger partial charge in [-0.3, -0.25) is 4.98 Å². The van der Waals surface area contributed by atoms with Crippen LogP contribution in [0.25, 0.3) is 0 Å². The fourth-order valence-electron chi connectivity index (χ4n) is 2.34. The van der Waals surface area contributed by atoms with Crippen LogP contribution in [0.3, 0.4) is 0 Å². The molecular weight excluding hydrogens is 311 g/mol. The van der Waals surface area contributed by atoms with Crippen LogP contribution in [0.2, 0.25) is 0 Å². The van der Waals surface area contributed by atoms with Gasteiger partial charge in [-0.2, -0.15) is 13.2 Å². The molecule has 23 heavy (non-hydrogen) atoms. The Bertz CT molecular complexity index is 570. The molecule has 0 aromatic carbocycles. The summed E-state index contributed by atoms with van der Waals surface area (Å²) in [7, 11) is 0. The number of nitrogens with one attached hydrogen (secondary N) is 1. The molecule has 1 aromatic rings. The number of hydrogen-bond donors (Lipinski definition) is 1. The second kappa shape index (κ2) is 6.25. The lowest BCUT2D eigenvalue weighted by Crippen LogP contribution is -2.40. The fourth-order valence-corrected chi connectivity index (χ4v) is 2.34. The van der Waals surface area contributed by atoms with Gasteiger partial charge < -0.3 is 15.0 Å². The van der Waals surface area contributed by atoms with Crippen molar-refractivity contribution >= 4 is 11.8 Å². The Morgan fingerprint density at radius 2 is 2.04 bits per heavy atom. The molecule has 1 aromatic heterocycles. The van der Waals surface area contributed by atoms with Gasteiger partial charge in [0.25, 0.3) is 0 Å². The molecule has 1 amide bonds. The van der Waals surface area contributed by atoms with Gasteiger partial charge in [-0.25, -0.2) is 4.79 Å². The SMILES string of the molecule is CC(C)(C)OC(=O)N[C@H]1CCN(c2cncc(C(F)(F)F)c2)C1. The molecule has 0 radical (unpaired) electrons. The van der Waals surface area contributed by atoms with Gasteiger partial charge in [0.1, 0.15) is 5.60 Å². The van der Waals surface area contributed by atoms with Crippen LogP contribution in [0.1, 0.15) is 32.8 Å². The normalized spacial score (nSPS) is 18.9. The van der Waals surface area contributed by atoms with Crippen molar-refractivity contribution in [2.45, 2.75) is 45.0 Å². The third kappa shape index (κ3) is 5.01. The summed E-state index contributed by atoms with van der Waals surface area (Å²) >= 11 is 0. The first-order valence-electron chi connectivity index (χ1n) is 7.31. The Kier molecular flexibility index (Phi) is 4.72. The number of pyridine rings is 1. The smallest absolute Gasteiger partial charge is 0.417 e. The largest absolute Gasteiger partial charge is 0.444 e. The zero-order chi connectivity index (χ0) is 17.3. The molecule has 1 fully saturated rings. The highest BCUT2D eigenvalue weighted by Crippen LogP contribution is 2.31. The van der Waals surface area contributed by atoms with Crippen LogP contribution >= 0.6 is 0 Å². The van der Waals surface area contributed by atoms with Crippen LogP contribution < -0.4 is 10.2 Å². The minimum Gasteiger partial charge on any atom is -0.444 e. The highest BCUT2D eigenvalue weighted by atomic mass is 19.4. The van der Waals surface area contributed by atoms with E-state index in [2.05, 4.69) is 10.3 Å². The number of anilines is 1. The summed E-state index contributed by atoms with van der Waals surface area (Å²) in [6.45, 7) is 6.26. The molecule has 0 unspecified atom stereocenters. The minimum absolute atomic E-state index is 0.167. The number of hydrogen-bond acceptors (Lipinski definition) is 4. The average Bonchev–Trinajstić information content (AvgIpc) is 2.84. The van der Waals surface area contributed by atoms with Gasteiger partial charge in [0, 0.05) is 19.3 Å². The summed E-state index contributed by atoms with van der Waals surface area (Å²) < 4.78 is 43.4. The van der Waals surface area contributed by atoms with Crippen LogP contribution in [0, 0.1) is 0 Å². The zero-order valence-corrected chi connectivity index (χ0v) is 13.3. The maximum absolute atomic E-state index is 12.7. The van der Waals surface area contributed by atoms with E-state index in [0.29, 0.717) is 25.2 Å². The monoisotopic (exact) mass is 331 g/mol. The molecule has 1 N–H and O–H groups in total. The first-order valence-corrected chi connectivity index (χ1v) is 7.31. The number of carbonyl (C=O) groups is 1. The van der Waals surface area contributed by atoms with Crippen LogP contribution in [-0.4, -0.2) is 35.8 Å². The minimum atomic E-state index is -4.42. The van der Waals surface area contributed by atoms with E-state index in [1.807, 2.05) is 0 Å². The van der Waals surface area contributed by atoms with Gasteiger partial charge in [-0.05, 0) is 33.3 Å². The Labute approximate surface area is 132 Å². The molecular formula is C15H20F3N3O2. The van der Waals surface area contributed by atoms with E-state index in [1.54, 1.807) is 25.7 Å². The molecule has 0 bridgehead atoms. The lowest BCUT2D eigenvalue weighted by Gasteiger charge is -2.22. The van der Waals surface area contributed by atoms with Crippen LogP contribution in [0.4, 0.5) is 23.7 Å². The Hall–Kier alpha value is -1.99. The Morgan fingerprint density at radius 3 is 2.65 bits per heavy atom. The molecule has 2 heterocycles.